The molecule has 1 fully saturated rings. The lowest BCUT2D eigenvalue weighted by Crippen LogP contribution is -2.52. The fourth-order valence-electron chi connectivity index (χ4n) is 2.63. The summed E-state index contributed by atoms with van der Waals surface area (Å²) < 4.78 is 11.2. The zero-order valence-corrected chi connectivity index (χ0v) is 14.5. The number of carbonyl (C=O) groups is 1. The minimum atomic E-state index is -0.150. The van der Waals surface area contributed by atoms with Gasteiger partial charge in [0.05, 0.1) is 18.2 Å². The van der Waals surface area contributed by atoms with E-state index in [1.165, 1.54) is 6.08 Å². The number of halogens is 1. The first kappa shape index (κ1) is 17.1. The molecule has 1 aromatic carbocycles. The maximum absolute atomic E-state index is 12.1. The molecule has 2 aliphatic heterocycles. The van der Waals surface area contributed by atoms with Crippen LogP contribution >= 0.6 is 11.6 Å². The van der Waals surface area contributed by atoms with Gasteiger partial charge in [-0.3, -0.25) is 10.2 Å². The highest BCUT2D eigenvalue weighted by molar-refractivity contribution is 6.32. The fraction of sp³-hybridized carbons (Fsp3) is 0.471. The third kappa shape index (κ3) is 4.41. The Bertz CT molecular complexity index is 628. The number of fused-ring (bicyclic) bond motifs is 1. The number of carbonyl (C=O) groups excluding carboxylic acids is 1. The maximum Gasteiger partial charge on any atom is 0.258 e. The van der Waals surface area contributed by atoms with Gasteiger partial charge in [0.2, 0.25) is 0 Å². The van der Waals surface area contributed by atoms with Gasteiger partial charge >= 0.3 is 0 Å². The molecule has 0 saturated carbocycles. The van der Waals surface area contributed by atoms with E-state index in [4.69, 9.17) is 21.1 Å². The Morgan fingerprint density at radius 3 is 2.75 bits per heavy atom. The van der Waals surface area contributed by atoms with Crippen molar-refractivity contribution in [1.82, 2.24) is 15.3 Å². The number of nitrogens with one attached hydrogen (secondary N) is 1. The first-order chi connectivity index (χ1) is 11.6. The Morgan fingerprint density at radius 1 is 1.21 bits per heavy atom. The molecule has 7 heteroatoms. The molecule has 2 aliphatic rings. The predicted octanol–water partition coefficient (Wildman–Crippen LogP) is 1.79. The average molecular weight is 352 g/mol. The smallest absolute Gasteiger partial charge is 0.258 e. The van der Waals surface area contributed by atoms with Crippen LogP contribution in [0.2, 0.25) is 5.02 Å². The minimum absolute atomic E-state index is 0.150. The number of nitrogens with zero attached hydrogens (tertiary/aromatic N) is 2. The van der Waals surface area contributed by atoms with Crippen LogP contribution in [-0.2, 0) is 4.79 Å². The van der Waals surface area contributed by atoms with Crippen molar-refractivity contribution in [3.63, 3.8) is 0 Å². The highest BCUT2D eigenvalue weighted by atomic mass is 35.5. The Kier molecular flexibility index (Phi) is 5.60. The van der Waals surface area contributed by atoms with Crippen LogP contribution in [0, 0.1) is 0 Å². The molecule has 0 atom stereocenters. The molecule has 0 unspecified atom stereocenters. The van der Waals surface area contributed by atoms with Crippen LogP contribution in [0.25, 0.3) is 6.08 Å². The number of rotatable bonds is 3. The molecule has 0 bridgehead atoms. The molecule has 1 saturated heterocycles. The van der Waals surface area contributed by atoms with Crippen molar-refractivity contribution in [3.8, 4) is 11.5 Å². The second-order valence-electron chi connectivity index (χ2n) is 5.98. The third-order valence-electron chi connectivity index (χ3n) is 4.02. The molecular formula is C17H22ClN3O3. The van der Waals surface area contributed by atoms with Crippen LogP contribution in [0.5, 0.6) is 11.5 Å². The van der Waals surface area contributed by atoms with E-state index >= 15 is 0 Å². The topological polar surface area (TPSA) is 54.0 Å². The van der Waals surface area contributed by atoms with Gasteiger partial charge in [-0.1, -0.05) is 11.6 Å². The summed E-state index contributed by atoms with van der Waals surface area (Å²) in [6.07, 6.45) is 4.06. The highest BCUT2D eigenvalue weighted by Crippen LogP contribution is 2.38. The average Bonchev–Trinajstić information content (AvgIpc) is 2.81. The summed E-state index contributed by atoms with van der Waals surface area (Å²) in [7, 11) is 2.08. The number of ether oxygens (including phenoxy) is 2. The summed E-state index contributed by atoms with van der Waals surface area (Å²) in [5.41, 5.74) is 3.69. The van der Waals surface area contributed by atoms with Crippen LogP contribution in [0.4, 0.5) is 0 Å². The number of hydrazine groups is 1. The molecule has 24 heavy (non-hydrogen) atoms. The molecule has 6 nitrogen and oxygen atoms in total. The predicted molar refractivity (Wildman–Crippen MR) is 93.3 cm³/mol. The molecule has 3 rings (SSSR count). The van der Waals surface area contributed by atoms with Crippen molar-refractivity contribution in [2.75, 3.05) is 46.4 Å². The van der Waals surface area contributed by atoms with Crippen molar-refractivity contribution in [2.24, 2.45) is 0 Å². The van der Waals surface area contributed by atoms with Gasteiger partial charge in [0, 0.05) is 38.7 Å². The van der Waals surface area contributed by atoms with Gasteiger partial charge in [-0.15, -0.1) is 0 Å². The van der Waals surface area contributed by atoms with Gasteiger partial charge in [-0.2, -0.15) is 0 Å². The molecule has 2 heterocycles. The monoisotopic (exact) mass is 351 g/mol. The van der Waals surface area contributed by atoms with E-state index in [0.717, 1.165) is 38.2 Å². The molecule has 1 aromatic rings. The Hall–Kier alpha value is -1.76. The third-order valence-corrected chi connectivity index (χ3v) is 4.30. The summed E-state index contributed by atoms with van der Waals surface area (Å²) in [6.45, 7) is 4.73. The van der Waals surface area contributed by atoms with Crippen molar-refractivity contribution in [3.05, 3.63) is 28.8 Å². The summed E-state index contributed by atoms with van der Waals surface area (Å²) in [5.74, 6) is 1.05. The fourth-order valence-corrected chi connectivity index (χ4v) is 2.90. The van der Waals surface area contributed by atoms with E-state index in [2.05, 4.69) is 17.4 Å². The molecule has 0 aliphatic carbocycles. The first-order valence-corrected chi connectivity index (χ1v) is 8.51. The second-order valence-corrected chi connectivity index (χ2v) is 6.39. The quantitative estimate of drug-likeness (QED) is 0.841. The number of piperazine rings is 1. The van der Waals surface area contributed by atoms with E-state index in [1.807, 2.05) is 11.1 Å². The molecule has 0 spiro atoms. The molecule has 0 radical (unpaired) electrons. The van der Waals surface area contributed by atoms with Gasteiger partial charge in [-0.05, 0) is 30.8 Å². The van der Waals surface area contributed by atoms with Crippen molar-refractivity contribution in [1.29, 1.82) is 0 Å². The number of hydrogen-bond acceptors (Lipinski definition) is 5. The van der Waals surface area contributed by atoms with E-state index < -0.39 is 0 Å². The molecule has 0 aromatic heterocycles. The number of amides is 1. The van der Waals surface area contributed by atoms with Crippen molar-refractivity contribution >= 4 is 23.6 Å². The van der Waals surface area contributed by atoms with Gasteiger partial charge in [0.15, 0.2) is 11.5 Å². The van der Waals surface area contributed by atoms with E-state index in [9.17, 15) is 4.79 Å². The lowest BCUT2D eigenvalue weighted by molar-refractivity contribution is -0.121. The van der Waals surface area contributed by atoms with Crippen LogP contribution < -0.4 is 14.9 Å². The van der Waals surface area contributed by atoms with E-state index in [-0.39, 0.29) is 5.91 Å². The molecule has 1 N–H and O–H groups in total. The van der Waals surface area contributed by atoms with Crippen LogP contribution in [0.15, 0.2) is 18.2 Å². The summed E-state index contributed by atoms with van der Waals surface area (Å²) in [5, 5.41) is 2.43. The lowest BCUT2D eigenvalue weighted by Gasteiger charge is -2.31. The van der Waals surface area contributed by atoms with Gasteiger partial charge in [-0.25, -0.2) is 5.01 Å². The van der Waals surface area contributed by atoms with E-state index in [1.54, 1.807) is 12.1 Å². The van der Waals surface area contributed by atoms with Gasteiger partial charge in [0.25, 0.3) is 5.91 Å². The number of likely N-dealkylation sites (N-methyl/N-ethyl adjacent to an activating group) is 1. The standard InChI is InChI=1S/C17H22ClN3O3/c1-20-5-7-21(8-6-20)19-16(22)4-3-13-11-14(18)17-15(12-13)23-9-2-10-24-17/h3-4,11-12H,2,5-10H2,1H3,(H,19,22)/b4-3+. The molecule has 1 amide bonds. The Labute approximate surface area is 146 Å². The summed E-state index contributed by atoms with van der Waals surface area (Å²) in [4.78, 5) is 14.3. The first-order valence-electron chi connectivity index (χ1n) is 8.13. The van der Waals surface area contributed by atoms with Gasteiger partial charge in [0.1, 0.15) is 0 Å². The second kappa shape index (κ2) is 7.88. The molecular weight excluding hydrogens is 330 g/mol. The maximum atomic E-state index is 12.1. The van der Waals surface area contributed by atoms with Crippen molar-refractivity contribution in [2.45, 2.75) is 6.42 Å². The number of hydrogen-bond donors (Lipinski definition) is 1. The Balaban J connectivity index is 1.62. The zero-order chi connectivity index (χ0) is 16.9. The number of benzene rings is 1. The van der Waals surface area contributed by atoms with Crippen LogP contribution in [0.3, 0.4) is 0 Å². The SMILES string of the molecule is CN1CCN(NC(=O)/C=C/c2cc(Cl)c3c(c2)OCCCO3)CC1. The molecule has 130 valence electrons. The van der Waals surface area contributed by atoms with Gasteiger partial charge < -0.3 is 14.4 Å². The van der Waals surface area contributed by atoms with Crippen LogP contribution in [-0.4, -0.2) is 62.3 Å². The largest absolute Gasteiger partial charge is 0.489 e. The van der Waals surface area contributed by atoms with Crippen molar-refractivity contribution < 1.29 is 14.3 Å². The lowest BCUT2D eigenvalue weighted by atomic mass is 10.2. The Morgan fingerprint density at radius 2 is 1.96 bits per heavy atom. The normalized spacial score (nSPS) is 19.2. The summed E-state index contributed by atoms with van der Waals surface area (Å²) >= 11 is 6.25. The minimum Gasteiger partial charge on any atom is -0.489 e. The summed E-state index contributed by atoms with van der Waals surface area (Å²) in [6, 6.07) is 3.61. The van der Waals surface area contributed by atoms with E-state index in [0.29, 0.717) is 29.7 Å². The zero-order valence-electron chi connectivity index (χ0n) is 13.8. The highest BCUT2D eigenvalue weighted by Gasteiger charge is 2.16. The van der Waals surface area contributed by atoms with Crippen LogP contribution in [0.1, 0.15) is 12.0 Å².